The fourth-order valence-corrected chi connectivity index (χ4v) is 1.87. The summed E-state index contributed by atoms with van der Waals surface area (Å²) in [7, 11) is 1.84. The molecule has 0 bridgehead atoms. The van der Waals surface area contributed by atoms with Crippen molar-refractivity contribution in [2.45, 2.75) is 39.3 Å². The smallest absolute Gasteiger partial charge is 0.315 e. The van der Waals surface area contributed by atoms with Gasteiger partial charge in [0.2, 0.25) is 0 Å². The maximum Gasteiger partial charge on any atom is 0.315 e. The van der Waals surface area contributed by atoms with Crippen LogP contribution in [0.4, 0.5) is 4.79 Å². The zero-order valence-electron chi connectivity index (χ0n) is 12.1. The molecule has 6 heteroatoms. The van der Waals surface area contributed by atoms with Crippen LogP contribution in [0.25, 0.3) is 0 Å². The molecule has 0 saturated heterocycles. The van der Waals surface area contributed by atoms with Crippen LogP contribution in [-0.4, -0.2) is 33.6 Å². The summed E-state index contributed by atoms with van der Waals surface area (Å²) in [6, 6.07) is -0.342. The highest BCUT2D eigenvalue weighted by Crippen LogP contribution is 2.10. The molecule has 108 valence electrons. The lowest BCUT2D eigenvalue weighted by Crippen LogP contribution is -2.45. The van der Waals surface area contributed by atoms with E-state index in [9.17, 15) is 4.79 Å². The van der Waals surface area contributed by atoms with Crippen LogP contribution in [-0.2, 0) is 7.05 Å². The van der Waals surface area contributed by atoms with Crippen LogP contribution < -0.4 is 10.6 Å². The summed E-state index contributed by atoms with van der Waals surface area (Å²) in [6.45, 7) is 6.02. The number of nitrogens with one attached hydrogen (secondary N) is 2. The molecule has 1 aromatic rings. The van der Waals surface area contributed by atoms with Gasteiger partial charge >= 0.3 is 6.03 Å². The Hall–Kier alpha value is -1.56. The van der Waals surface area contributed by atoms with Crippen molar-refractivity contribution in [1.82, 2.24) is 20.4 Å². The van der Waals surface area contributed by atoms with Gasteiger partial charge < -0.3 is 15.7 Å². The summed E-state index contributed by atoms with van der Waals surface area (Å²) < 4.78 is 1.70. The molecule has 6 nitrogen and oxygen atoms in total. The highest BCUT2D eigenvalue weighted by Gasteiger charge is 2.17. The molecule has 1 rings (SSSR count). The number of amides is 2. The molecule has 2 atom stereocenters. The number of aliphatic hydroxyl groups excluding tert-OH is 1. The van der Waals surface area contributed by atoms with E-state index in [1.807, 2.05) is 34.0 Å². The fraction of sp³-hybridized carbons (Fsp3) is 0.692. The highest BCUT2D eigenvalue weighted by atomic mass is 16.3. The summed E-state index contributed by atoms with van der Waals surface area (Å²) in [5.41, 5.74) is 0.959. The minimum atomic E-state index is -0.219. The lowest BCUT2D eigenvalue weighted by atomic mass is 10.0. The number of carbonyl (C=O) groups excluding carboxylic acids is 1. The maximum absolute atomic E-state index is 11.9. The Balaban J connectivity index is 2.50. The van der Waals surface area contributed by atoms with E-state index in [1.54, 1.807) is 10.9 Å². The zero-order valence-corrected chi connectivity index (χ0v) is 12.1. The first kappa shape index (κ1) is 15.5. The lowest BCUT2D eigenvalue weighted by molar-refractivity contribution is 0.216. The molecule has 0 aliphatic carbocycles. The van der Waals surface area contributed by atoms with E-state index < -0.39 is 0 Å². The number of urea groups is 1. The van der Waals surface area contributed by atoms with Crippen LogP contribution in [0, 0.1) is 5.92 Å². The molecule has 0 radical (unpaired) electrons. The monoisotopic (exact) mass is 268 g/mol. The molecule has 2 unspecified atom stereocenters. The Morgan fingerprint density at radius 2 is 2.11 bits per heavy atom. The Kier molecular flexibility index (Phi) is 5.82. The van der Waals surface area contributed by atoms with E-state index in [-0.39, 0.29) is 30.6 Å². The van der Waals surface area contributed by atoms with Crippen molar-refractivity contribution in [3.63, 3.8) is 0 Å². The largest absolute Gasteiger partial charge is 0.396 e. The van der Waals surface area contributed by atoms with E-state index in [0.717, 1.165) is 5.56 Å². The van der Waals surface area contributed by atoms with Gasteiger partial charge in [0.15, 0.2) is 0 Å². The molecular weight excluding hydrogens is 244 g/mol. The van der Waals surface area contributed by atoms with Crippen molar-refractivity contribution in [1.29, 1.82) is 0 Å². The summed E-state index contributed by atoms with van der Waals surface area (Å²) in [4.78, 5) is 11.9. The predicted molar refractivity (Wildman–Crippen MR) is 73.6 cm³/mol. The van der Waals surface area contributed by atoms with Crippen LogP contribution in [0.3, 0.4) is 0 Å². The van der Waals surface area contributed by atoms with Crippen LogP contribution in [0.5, 0.6) is 0 Å². The van der Waals surface area contributed by atoms with E-state index >= 15 is 0 Å². The van der Waals surface area contributed by atoms with Gasteiger partial charge in [0.1, 0.15) is 0 Å². The number of rotatable bonds is 6. The van der Waals surface area contributed by atoms with Gasteiger partial charge in [-0.3, -0.25) is 4.68 Å². The molecule has 0 fully saturated rings. The Labute approximate surface area is 114 Å². The third kappa shape index (κ3) is 4.90. The molecule has 3 N–H and O–H groups in total. The molecule has 0 aromatic carbocycles. The second-order valence-electron chi connectivity index (χ2n) is 5.15. The second-order valence-corrected chi connectivity index (χ2v) is 5.15. The highest BCUT2D eigenvalue weighted by molar-refractivity contribution is 5.74. The Morgan fingerprint density at radius 3 is 2.58 bits per heavy atom. The van der Waals surface area contributed by atoms with Gasteiger partial charge in [-0.2, -0.15) is 5.10 Å². The first-order valence-electron chi connectivity index (χ1n) is 6.60. The number of hydrogen-bond donors (Lipinski definition) is 3. The topological polar surface area (TPSA) is 79.2 Å². The van der Waals surface area contributed by atoms with Crippen LogP contribution >= 0.6 is 0 Å². The third-order valence-corrected chi connectivity index (χ3v) is 3.13. The SMILES string of the molecule is CC(NC(=O)NC(CCO)C(C)C)c1cnn(C)c1. The second kappa shape index (κ2) is 7.13. The maximum atomic E-state index is 11.9. The fourth-order valence-electron chi connectivity index (χ4n) is 1.87. The first-order valence-corrected chi connectivity index (χ1v) is 6.60. The number of aliphatic hydroxyl groups is 1. The average Bonchev–Trinajstić information content (AvgIpc) is 2.75. The minimum absolute atomic E-state index is 0.0221. The van der Waals surface area contributed by atoms with Gasteiger partial charge in [0.25, 0.3) is 0 Å². The summed E-state index contributed by atoms with van der Waals surface area (Å²) in [5.74, 6) is 0.284. The predicted octanol–water partition coefficient (Wildman–Crippen LogP) is 1.19. The molecule has 0 aliphatic rings. The van der Waals surface area contributed by atoms with Crippen LogP contribution in [0.2, 0.25) is 0 Å². The normalized spacial score (nSPS) is 14.2. The minimum Gasteiger partial charge on any atom is -0.396 e. The van der Waals surface area contributed by atoms with Crippen molar-refractivity contribution in [3.05, 3.63) is 18.0 Å². The molecular formula is C13H24N4O2. The molecule has 1 aromatic heterocycles. The molecule has 0 spiro atoms. The van der Waals surface area contributed by atoms with E-state index in [0.29, 0.717) is 6.42 Å². The number of aromatic nitrogens is 2. The van der Waals surface area contributed by atoms with Gasteiger partial charge in [-0.15, -0.1) is 0 Å². The number of aryl methyl sites for hydroxylation is 1. The van der Waals surface area contributed by atoms with Crippen molar-refractivity contribution in [2.24, 2.45) is 13.0 Å². The standard InChI is InChI=1S/C13H24N4O2/c1-9(2)12(5-6-18)16-13(19)15-10(3)11-7-14-17(4)8-11/h7-10,12,18H,5-6H2,1-4H3,(H2,15,16,19). The lowest BCUT2D eigenvalue weighted by Gasteiger charge is -2.23. The average molecular weight is 268 g/mol. The van der Waals surface area contributed by atoms with Gasteiger partial charge in [0.05, 0.1) is 12.2 Å². The van der Waals surface area contributed by atoms with E-state index in [4.69, 9.17) is 5.11 Å². The van der Waals surface area contributed by atoms with Gasteiger partial charge in [-0.25, -0.2) is 4.79 Å². The van der Waals surface area contributed by atoms with Crippen LogP contribution in [0.1, 0.15) is 38.8 Å². The number of carbonyl (C=O) groups is 1. The number of nitrogens with zero attached hydrogens (tertiary/aromatic N) is 2. The molecule has 0 aliphatic heterocycles. The summed E-state index contributed by atoms with van der Waals surface area (Å²) in [5, 5.41) is 18.8. The van der Waals surface area contributed by atoms with Crippen molar-refractivity contribution in [2.75, 3.05) is 6.61 Å². The summed E-state index contributed by atoms with van der Waals surface area (Å²) >= 11 is 0. The van der Waals surface area contributed by atoms with Gasteiger partial charge in [-0.1, -0.05) is 13.8 Å². The van der Waals surface area contributed by atoms with Gasteiger partial charge in [-0.05, 0) is 19.3 Å². The Bertz CT molecular complexity index is 403. The molecule has 1 heterocycles. The van der Waals surface area contributed by atoms with Crippen molar-refractivity contribution in [3.8, 4) is 0 Å². The van der Waals surface area contributed by atoms with Crippen LogP contribution in [0.15, 0.2) is 12.4 Å². The summed E-state index contributed by atoms with van der Waals surface area (Å²) in [6.07, 6.45) is 4.17. The molecule has 19 heavy (non-hydrogen) atoms. The van der Waals surface area contributed by atoms with E-state index in [2.05, 4.69) is 15.7 Å². The quantitative estimate of drug-likeness (QED) is 0.725. The zero-order chi connectivity index (χ0) is 14.4. The molecule has 2 amide bonds. The molecule has 0 saturated carbocycles. The van der Waals surface area contributed by atoms with Crippen molar-refractivity contribution < 1.29 is 9.90 Å². The third-order valence-electron chi connectivity index (χ3n) is 3.13. The van der Waals surface area contributed by atoms with Gasteiger partial charge in [0, 0.05) is 31.5 Å². The Morgan fingerprint density at radius 1 is 1.42 bits per heavy atom. The van der Waals surface area contributed by atoms with E-state index in [1.165, 1.54) is 0 Å². The van der Waals surface area contributed by atoms with Crippen molar-refractivity contribution >= 4 is 6.03 Å². The number of hydrogen-bond acceptors (Lipinski definition) is 3. The first-order chi connectivity index (χ1) is 8.93.